The van der Waals surface area contributed by atoms with Crippen LogP contribution in [0.3, 0.4) is 0 Å². The molecule has 0 unspecified atom stereocenters. The van der Waals surface area contributed by atoms with Gasteiger partial charge in [-0.05, 0) is 24.8 Å². The first-order chi connectivity index (χ1) is 7.29. The third-order valence-electron chi connectivity index (χ3n) is 2.93. The first kappa shape index (κ1) is 10.6. The zero-order chi connectivity index (χ0) is 10.7. The lowest BCUT2D eigenvalue weighted by Crippen LogP contribution is -2.33. The van der Waals surface area contributed by atoms with Crippen LogP contribution in [0.1, 0.15) is 18.4 Å². The molecule has 1 fully saturated rings. The van der Waals surface area contributed by atoms with Crippen molar-refractivity contribution in [3.05, 3.63) is 18.0 Å². The Morgan fingerprint density at radius 1 is 1.53 bits per heavy atom. The molecule has 0 aromatic carbocycles. The largest absolute Gasteiger partial charge is 0.329 e. The molecule has 15 heavy (non-hydrogen) atoms. The summed E-state index contributed by atoms with van der Waals surface area (Å²) >= 11 is 0. The number of rotatable bonds is 6. The molecule has 2 rings (SSSR count). The van der Waals surface area contributed by atoms with Gasteiger partial charge in [0.15, 0.2) is 0 Å². The molecule has 0 spiro atoms. The van der Waals surface area contributed by atoms with Gasteiger partial charge in [-0.2, -0.15) is 5.10 Å². The second-order valence-corrected chi connectivity index (χ2v) is 4.33. The molecular weight excluding hydrogens is 188 g/mol. The van der Waals surface area contributed by atoms with Gasteiger partial charge >= 0.3 is 0 Å². The van der Waals surface area contributed by atoms with Gasteiger partial charge in [-0.3, -0.25) is 9.58 Å². The highest BCUT2D eigenvalue weighted by atomic mass is 15.2. The molecule has 1 heterocycles. The molecule has 1 aliphatic rings. The summed E-state index contributed by atoms with van der Waals surface area (Å²) in [5.74, 6) is 0. The van der Waals surface area contributed by atoms with E-state index in [0.29, 0.717) is 0 Å². The minimum absolute atomic E-state index is 0.767. The van der Waals surface area contributed by atoms with Crippen LogP contribution < -0.4 is 5.73 Å². The highest BCUT2D eigenvalue weighted by Gasteiger charge is 2.27. The van der Waals surface area contributed by atoms with E-state index in [1.807, 2.05) is 17.9 Å². The van der Waals surface area contributed by atoms with Gasteiger partial charge in [0.05, 0.1) is 6.20 Å². The predicted octanol–water partition coefficient (Wildman–Crippen LogP) is 0.386. The lowest BCUT2D eigenvalue weighted by atomic mass is 10.2. The number of nitrogens with zero attached hydrogens (tertiary/aromatic N) is 3. The number of hydrogen-bond donors (Lipinski definition) is 1. The summed E-state index contributed by atoms with van der Waals surface area (Å²) < 4.78 is 1.86. The Morgan fingerprint density at radius 2 is 2.33 bits per heavy atom. The number of nitrogens with two attached hydrogens (primary N) is 1. The molecule has 1 aromatic rings. The van der Waals surface area contributed by atoms with Gasteiger partial charge in [0.25, 0.3) is 0 Å². The maximum absolute atomic E-state index is 5.61. The van der Waals surface area contributed by atoms with Crippen molar-refractivity contribution in [2.24, 2.45) is 12.8 Å². The van der Waals surface area contributed by atoms with Crippen LogP contribution in [0.15, 0.2) is 12.4 Å². The van der Waals surface area contributed by atoms with Crippen LogP contribution in [0.2, 0.25) is 0 Å². The summed E-state index contributed by atoms with van der Waals surface area (Å²) in [6, 6.07) is 0.810. The SMILES string of the molecule is Cn1cc(CCN(CCN)C2CC2)cn1. The summed E-state index contributed by atoms with van der Waals surface area (Å²) in [5.41, 5.74) is 6.93. The Hall–Kier alpha value is -0.870. The molecule has 4 nitrogen and oxygen atoms in total. The number of aromatic nitrogens is 2. The lowest BCUT2D eigenvalue weighted by Gasteiger charge is -2.20. The van der Waals surface area contributed by atoms with Crippen molar-refractivity contribution in [3.63, 3.8) is 0 Å². The van der Waals surface area contributed by atoms with E-state index in [4.69, 9.17) is 5.73 Å². The normalized spacial score (nSPS) is 16.2. The molecule has 0 radical (unpaired) electrons. The van der Waals surface area contributed by atoms with Gasteiger partial charge in [-0.15, -0.1) is 0 Å². The number of hydrogen-bond acceptors (Lipinski definition) is 3. The fraction of sp³-hybridized carbons (Fsp3) is 0.727. The van der Waals surface area contributed by atoms with Crippen LogP contribution in [0.5, 0.6) is 0 Å². The summed E-state index contributed by atoms with van der Waals surface area (Å²) in [5, 5.41) is 4.17. The molecule has 1 aromatic heterocycles. The Balaban J connectivity index is 1.79. The third-order valence-corrected chi connectivity index (χ3v) is 2.93. The maximum atomic E-state index is 5.61. The molecule has 2 N–H and O–H groups in total. The van der Waals surface area contributed by atoms with E-state index in [1.54, 1.807) is 0 Å². The average molecular weight is 208 g/mol. The Labute approximate surface area is 91.1 Å². The summed E-state index contributed by atoms with van der Waals surface area (Å²) in [4.78, 5) is 2.51. The second-order valence-electron chi connectivity index (χ2n) is 4.33. The van der Waals surface area contributed by atoms with Gasteiger partial charge in [0, 0.05) is 38.9 Å². The van der Waals surface area contributed by atoms with Crippen LogP contribution >= 0.6 is 0 Å². The van der Waals surface area contributed by atoms with E-state index in [2.05, 4.69) is 16.2 Å². The predicted molar refractivity (Wildman–Crippen MR) is 60.6 cm³/mol. The van der Waals surface area contributed by atoms with Crippen molar-refractivity contribution >= 4 is 0 Å². The van der Waals surface area contributed by atoms with Crippen molar-refractivity contribution < 1.29 is 0 Å². The average Bonchev–Trinajstić information content (AvgIpc) is 2.97. The van der Waals surface area contributed by atoms with Crippen LogP contribution in [0, 0.1) is 0 Å². The highest BCUT2D eigenvalue weighted by Crippen LogP contribution is 2.26. The van der Waals surface area contributed by atoms with E-state index in [-0.39, 0.29) is 0 Å². The Kier molecular flexibility index (Phi) is 3.38. The molecule has 0 saturated heterocycles. The quantitative estimate of drug-likeness (QED) is 0.735. The van der Waals surface area contributed by atoms with Crippen LogP contribution in [0.25, 0.3) is 0 Å². The smallest absolute Gasteiger partial charge is 0.0522 e. The van der Waals surface area contributed by atoms with E-state index < -0.39 is 0 Å². The van der Waals surface area contributed by atoms with Crippen molar-refractivity contribution in [2.75, 3.05) is 19.6 Å². The van der Waals surface area contributed by atoms with Gasteiger partial charge < -0.3 is 5.73 Å². The fourth-order valence-electron chi connectivity index (χ4n) is 1.96. The fourth-order valence-corrected chi connectivity index (χ4v) is 1.96. The topological polar surface area (TPSA) is 47.1 Å². The van der Waals surface area contributed by atoms with E-state index in [0.717, 1.165) is 32.1 Å². The van der Waals surface area contributed by atoms with Crippen LogP contribution in [-0.2, 0) is 13.5 Å². The van der Waals surface area contributed by atoms with E-state index in [9.17, 15) is 0 Å². The first-order valence-electron chi connectivity index (χ1n) is 5.71. The molecule has 0 atom stereocenters. The number of aryl methyl sites for hydroxylation is 1. The van der Waals surface area contributed by atoms with Crippen molar-refractivity contribution in [3.8, 4) is 0 Å². The van der Waals surface area contributed by atoms with Gasteiger partial charge in [-0.25, -0.2) is 0 Å². The summed E-state index contributed by atoms with van der Waals surface area (Å²) in [7, 11) is 1.96. The van der Waals surface area contributed by atoms with Gasteiger partial charge in [0.2, 0.25) is 0 Å². The molecule has 4 heteroatoms. The standard InChI is InChI=1S/C11H20N4/c1-14-9-10(8-13-14)4-6-15(7-5-12)11-2-3-11/h8-9,11H,2-7,12H2,1H3. The van der Waals surface area contributed by atoms with Gasteiger partial charge in [-0.1, -0.05) is 0 Å². The van der Waals surface area contributed by atoms with E-state index in [1.165, 1.54) is 18.4 Å². The van der Waals surface area contributed by atoms with Crippen LogP contribution in [0.4, 0.5) is 0 Å². The lowest BCUT2D eigenvalue weighted by molar-refractivity contribution is 0.274. The zero-order valence-corrected chi connectivity index (χ0v) is 9.39. The minimum Gasteiger partial charge on any atom is -0.329 e. The highest BCUT2D eigenvalue weighted by molar-refractivity contribution is 5.04. The van der Waals surface area contributed by atoms with Gasteiger partial charge in [0.1, 0.15) is 0 Å². The third kappa shape index (κ3) is 3.04. The maximum Gasteiger partial charge on any atom is 0.0522 e. The molecule has 0 amide bonds. The molecule has 0 aliphatic heterocycles. The first-order valence-corrected chi connectivity index (χ1v) is 5.71. The zero-order valence-electron chi connectivity index (χ0n) is 9.39. The molecule has 1 aliphatic carbocycles. The molecule has 84 valence electrons. The monoisotopic (exact) mass is 208 g/mol. The van der Waals surface area contributed by atoms with E-state index >= 15 is 0 Å². The minimum atomic E-state index is 0.767. The Bertz CT molecular complexity index is 303. The van der Waals surface area contributed by atoms with Crippen LogP contribution in [-0.4, -0.2) is 40.4 Å². The van der Waals surface area contributed by atoms with Crippen molar-refractivity contribution in [1.29, 1.82) is 0 Å². The molecule has 0 bridgehead atoms. The van der Waals surface area contributed by atoms with Crippen molar-refractivity contribution in [2.45, 2.75) is 25.3 Å². The summed E-state index contributed by atoms with van der Waals surface area (Å²) in [6.45, 7) is 2.92. The summed E-state index contributed by atoms with van der Waals surface area (Å²) in [6.07, 6.45) is 7.84. The second kappa shape index (κ2) is 4.77. The van der Waals surface area contributed by atoms with Crippen molar-refractivity contribution in [1.82, 2.24) is 14.7 Å². The Morgan fingerprint density at radius 3 is 2.87 bits per heavy atom. The molecular formula is C11H20N4. The molecule has 1 saturated carbocycles.